The molecular formula is C20H39N7O5. The lowest BCUT2D eigenvalue weighted by Gasteiger charge is -2.23. The Bertz CT molecular complexity index is 663. The molecule has 12 nitrogen and oxygen atoms in total. The third kappa shape index (κ3) is 13.4. The highest BCUT2D eigenvalue weighted by Crippen LogP contribution is 2.07. The summed E-state index contributed by atoms with van der Waals surface area (Å²) in [5.41, 5.74) is 16.2. The first-order valence-electron chi connectivity index (χ1n) is 10.7. The third-order valence-corrected chi connectivity index (χ3v) is 4.40. The first-order chi connectivity index (χ1) is 14.8. The average Bonchev–Trinajstić information content (AvgIpc) is 2.66. The van der Waals surface area contributed by atoms with Gasteiger partial charge in [-0.25, -0.2) is 4.79 Å². The fourth-order valence-corrected chi connectivity index (χ4v) is 2.89. The molecule has 0 radical (unpaired) electrons. The highest BCUT2D eigenvalue weighted by atomic mass is 16.4. The number of hydrogen-bond donors (Lipinski definition) is 7. The molecule has 3 unspecified atom stereocenters. The molecule has 0 aromatic carbocycles. The molecule has 0 aliphatic rings. The van der Waals surface area contributed by atoms with Crippen LogP contribution in [0.25, 0.3) is 0 Å². The minimum atomic E-state index is -1.20. The Hall–Kier alpha value is -2.89. The van der Waals surface area contributed by atoms with Gasteiger partial charge < -0.3 is 38.3 Å². The van der Waals surface area contributed by atoms with Crippen molar-refractivity contribution in [3.8, 4) is 0 Å². The maximum Gasteiger partial charge on any atom is 0.326 e. The van der Waals surface area contributed by atoms with Gasteiger partial charge in [0.15, 0.2) is 5.96 Å². The van der Waals surface area contributed by atoms with Gasteiger partial charge in [-0.05, 0) is 37.5 Å². The van der Waals surface area contributed by atoms with E-state index < -0.39 is 41.8 Å². The minimum Gasteiger partial charge on any atom is -0.480 e. The number of carboxylic acids is 1. The number of carbonyl (C=O) groups excluding carboxylic acids is 3. The van der Waals surface area contributed by atoms with Crippen molar-refractivity contribution < 1.29 is 24.3 Å². The van der Waals surface area contributed by atoms with Crippen LogP contribution in [0.15, 0.2) is 4.99 Å². The topological polar surface area (TPSA) is 215 Å². The van der Waals surface area contributed by atoms with Gasteiger partial charge in [0, 0.05) is 6.54 Å². The van der Waals surface area contributed by atoms with Crippen LogP contribution in [0.1, 0.15) is 53.4 Å². The summed E-state index contributed by atoms with van der Waals surface area (Å²) in [6, 6.07) is -2.84. The van der Waals surface area contributed by atoms with Crippen molar-refractivity contribution in [1.29, 1.82) is 0 Å². The van der Waals surface area contributed by atoms with Crippen LogP contribution < -0.4 is 33.2 Å². The number of aliphatic carboxylic acids is 1. The Morgan fingerprint density at radius 3 is 2.00 bits per heavy atom. The third-order valence-electron chi connectivity index (χ3n) is 4.40. The molecule has 0 rings (SSSR count). The van der Waals surface area contributed by atoms with E-state index in [1.807, 2.05) is 27.7 Å². The quantitative estimate of drug-likeness (QED) is 0.0882. The maximum atomic E-state index is 12.7. The molecule has 0 bridgehead atoms. The average molecular weight is 458 g/mol. The van der Waals surface area contributed by atoms with Crippen molar-refractivity contribution in [3.05, 3.63) is 0 Å². The lowest BCUT2D eigenvalue weighted by Crippen LogP contribution is -2.54. The van der Waals surface area contributed by atoms with Gasteiger partial charge in [0.2, 0.25) is 17.7 Å². The number of carbonyl (C=O) groups is 4. The van der Waals surface area contributed by atoms with Crippen LogP contribution in [0, 0.1) is 11.8 Å². The maximum absolute atomic E-state index is 12.7. The molecule has 0 aromatic heterocycles. The van der Waals surface area contributed by atoms with E-state index in [0.717, 1.165) is 0 Å². The van der Waals surface area contributed by atoms with Crippen LogP contribution in [-0.4, -0.2) is 66.0 Å². The van der Waals surface area contributed by atoms with Crippen LogP contribution in [0.4, 0.5) is 0 Å². The summed E-state index contributed by atoms with van der Waals surface area (Å²) in [5, 5.41) is 16.8. The zero-order chi connectivity index (χ0) is 24.8. The van der Waals surface area contributed by atoms with Gasteiger partial charge in [-0.2, -0.15) is 0 Å². The first kappa shape index (κ1) is 29.1. The standard InChI is InChI=1S/C20H39N7O5/c1-11(2)8-13(21)17(29)25-10-16(28)26-15(9-12(3)4)18(30)27-14(19(31)32)6-5-7-24-20(22)23/h11-15H,5-10,21H2,1-4H3,(H,25,29)(H,26,28)(H,27,30)(H,31,32)(H4,22,23,24). The van der Waals surface area contributed by atoms with Crippen molar-refractivity contribution in [1.82, 2.24) is 16.0 Å². The van der Waals surface area contributed by atoms with Crippen molar-refractivity contribution in [2.45, 2.75) is 71.5 Å². The Balaban J connectivity index is 4.90. The Morgan fingerprint density at radius 2 is 1.50 bits per heavy atom. The summed E-state index contributed by atoms with van der Waals surface area (Å²) >= 11 is 0. The van der Waals surface area contributed by atoms with E-state index in [-0.39, 0.29) is 37.3 Å². The molecule has 0 aliphatic heterocycles. The second kappa shape index (κ2) is 15.0. The van der Waals surface area contributed by atoms with Crippen LogP contribution in [0.3, 0.4) is 0 Å². The number of rotatable bonds is 15. The zero-order valence-corrected chi connectivity index (χ0v) is 19.4. The second-order valence-electron chi connectivity index (χ2n) is 8.55. The molecule has 0 spiro atoms. The van der Waals surface area contributed by atoms with Crippen LogP contribution >= 0.6 is 0 Å². The predicted octanol–water partition coefficient (Wildman–Crippen LogP) is -1.37. The van der Waals surface area contributed by atoms with Crippen LogP contribution in [0.5, 0.6) is 0 Å². The molecule has 3 amide bonds. The summed E-state index contributed by atoms with van der Waals surface area (Å²) in [6.45, 7) is 7.48. The van der Waals surface area contributed by atoms with Crippen molar-refractivity contribution in [3.63, 3.8) is 0 Å². The second-order valence-corrected chi connectivity index (χ2v) is 8.55. The molecular weight excluding hydrogens is 418 g/mol. The van der Waals surface area contributed by atoms with E-state index in [0.29, 0.717) is 19.3 Å². The Kier molecular flexibility index (Phi) is 13.6. The van der Waals surface area contributed by atoms with E-state index in [9.17, 15) is 24.3 Å². The SMILES string of the molecule is CC(C)CC(N)C(=O)NCC(=O)NC(CC(C)C)C(=O)NC(CCCN=C(N)N)C(=O)O. The van der Waals surface area contributed by atoms with Gasteiger partial charge >= 0.3 is 5.97 Å². The van der Waals surface area contributed by atoms with Gasteiger partial charge in [-0.1, -0.05) is 27.7 Å². The highest BCUT2D eigenvalue weighted by molar-refractivity contribution is 5.92. The van der Waals surface area contributed by atoms with E-state index in [2.05, 4.69) is 20.9 Å². The first-order valence-corrected chi connectivity index (χ1v) is 10.7. The molecule has 32 heavy (non-hydrogen) atoms. The fourth-order valence-electron chi connectivity index (χ4n) is 2.89. The predicted molar refractivity (Wildman–Crippen MR) is 121 cm³/mol. The number of nitrogens with two attached hydrogens (primary N) is 3. The zero-order valence-electron chi connectivity index (χ0n) is 19.4. The molecule has 3 atom stereocenters. The van der Waals surface area contributed by atoms with Crippen molar-refractivity contribution in [2.75, 3.05) is 13.1 Å². The highest BCUT2D eigenvalue weighted by Gasteiger charge is 2.27. The lowest BCUT2D eigenvalue weighted by atomic mass is 10.0. The summed E-state index contributed by atoms with van der Waals surface area (Å²) < 4.78 is 0. The van der Waals surface area contributed by atoms with Crippen LogP contribution in [0.2, 0.25) is 0 Å². The lowest BCUT2D eigenvalue weighted by molar-refractivity contribution is -0.142. The summed E-state index contributed by atoms with van der Waals surface area (Å²) in [7, 11) is 0. The molecule has 0 saturated heterocycles. The summed E-state index contributed by atoms with van der Waals surface area (Å²) in [6.07, 6.45) is 1.23. The molecule has 12 heteroatoms. The van der Waals surface area contributed by atoms with Gasteiger partial charge in [-0.15, -0.1) is 0 Å². The smallest absolute Gasteiger partial charge is 0.326 e. The van der Waals surface area contributed by atoms with Gasteiger partial charge in [0.05, 0.1) is 12.6 Å². The number of nitrogens with one attached hydrogen (secondary N) is 3. The number of amides is 3. The molecule has 0 aromatic rings. The van der Waals surface area contributed by atoms with Crippen LogP contribution in [-0.2, 0) is 19.2 Å². The summed E-state index contributed by atoms with van der Waals surface area (Å²) in [5.74, 6) is -2.68. The van der Waals surface area contributed by atoms with Crippen molar-refractivity contribution in [2.24, 2.45) is 34.0 Å². The van der Waals surface area contributed by atoms with Crippen molar-refractivity contribution >= 4 is 29.7 Å². The largest absolute Gasteiger partial charge is 0.480 e. The number of carboxylic acid groups (broad SMARTS) is 1. The van der Waals surface area contributed by atoms with E-state index in [1.54, 1.807) is 0 Å². The molecule has 10 N–H and O–H groups in total. The van der Waals surface area contributed by atoms with Gasteiger partial charge in [-0.3, -0.25) is 19.4 Å². The molecule has 0 heterocycles. The number of aliphatic imine (C=N–C) groups is 1. The fraction of sp³-hybridized carbons (Fsp3) is 0.750. The van der Waals surface area contributed by atoms with Gasteiger partial charge in [0.1, 0.15) is 12.1 Å². The monoisotopic (exact) mass is 457 g/mol. The minimum absolute atomic E-state index is 0.0465. The number of hydrogen-bond acceptors (Lipinski definition) is 6. The number of nitrogens with zero attached hydrogens (tertiary/aromatic N) is 1. The van der Waals surface area contributed by atoms with E-state index >= 15 is 0 Å². The summed E-state index contributed by atoms with van der Waals surface area (Å²) in [4.78, 5) is 52.2. The normalized spacial score (nSPS) is 13.7. The van der Waals surface area contributed by atoms with E-state index in [4.69, 9.17) is 17.2 Å². The molecule has 0 fully saturated rings. The Labute approximate surface area is 189 Å². The van der Waals surface area contributed by atoms with E-state index in [1.165, 1.54) is 0 Å². The Morgan fingerprint density at radius 1 is 0.906 bits per heavy atom. The number of guanidine groups is 1. The van der Waals surface area contributed by atoms with Gasteiger partial charge in [0.25, 0.3) is 0 Å². The molecule has 0 aliphatic carbocycles. The molecule has 0 saturated carbocycles. The molecule has 184 valence electrons.